The quantitative estimate of drug-likeness (QED) is 0.857. The third kappa shape index (κ3) is 3.01. The molecule has 5 heteroatoms. The fourth-order valence-electron chi connectivity index (χ4n) is 2.02. The van der Waals surface area contributed by atoms with Gasteiger partial charge in [0.1, 0.15) is 12.7 Å². The highest BCUT2D eigenvalue weighted by atomic mass is 79.9. The third-order valence-corrected chi connectivity index (χ3v) is 3.81. The zero-order valence-electron chi connectivity index (χ0n) is 9.96. The summed E-state index contributed by atoms with van der Waals surface area (Å²) in [6, 6.07) is 4.97. The van der Waals surface area contributed by atoms with Crippen LogP contribution in [0.15, 0.2) is 16.6 Å². The summed E-state index contributed by atoms with van der Waals surface area (Å²) in [5, 5.41) is 8.76. The molecule has 0 atom stereocenters. The number of nitrogens with zero attached hydrogens (tertiary/aromatic N) is 2. The summed E-state index contributed by atoms with van der Waals surface area (Å²) in [6.07, 6.45) is 2.47. The van der Waals surface area contributed by atoms with Gasteiger partial charge in [-0.2, -0.15) is 5.26 Å². The van der Waals surface area contributed by atoms with Crippen molar-refractivity contribution in [2.45, 2.75) is 12.8 Å². The molecule has 0 aromatic heterocycles. The molecule has 18 heavy (non-hydrogen) atoms. The molecular weight excluding hydrogens is 299 g/mol. The number of likely N-dealkylation sites (tertiary alicyclic amines) is 1. The molecule has 0 unspecified atom stereocenters. The molecule has 1 heterocycles. The highest BCUT2D eigenvalue weighted by Crippen LogP contribution is 2.28. The first-order valence-electron chi connectivity index (χ1n) is 5.95. The maximum atomic E-state index is 13.8. The van der Waals surface area contributed by atoms with Crippen molar-refractivity contribution in [2.24, 2.45) is 0 Å². The number of hydrogen-bond donors (Lipinski definition) is 0. The first kappa shape index (κ1) is 13.3. The average Bonchev–Trinajstić information content (AvgIpc) is 2.88. The third-order valence-electron chi connectivity index (χ3n) is 3.03. The topological polar surface area (TPSA) is 36.3 Å². The molecule has 0 radical (unpaired) electrons. The molecule has 0 spiro atoms. The van der Waals surface area contributed by atoms with Gasteiger partial charge in [-0.05, 0) is 54.0 Å². The van der Waals surface area contributed by atoms with Crippen LogP contribution in [0.1, 0.15) is 18.4 Å². The van der Waals surface area contributed by atoms with Gasteiger partial charge in [0.05, 0.1) is 10.0 Å². The Bertz CT molecular complexity index is 467. The molecule has 1 aliphatic heterocycles. The first-order chi connectivity index (χ1) is 8.72. The second kappa shape index (κ2) is 6.17. The van der Waals surface area contributed by atoms with E-state index in [1.54, 1.807) is 6.07 Å². The van der Waals surface area contributed by atoms with Crippen LogP contribution in [0.4, 0.5) is 4.39 Å². The van der Waals surface area contributed by atoms with Crippen LogP contribution in [0, 0.1) is 17.1 Å². The highest BCUT2D eigenvalue weighted by molar-refractivity contribution is 9.10. The van der Waals surface area contributed by atoms with Crippen molar-refractivity contribution in [2.75, 3.05) is 26.2 Å². The Morgan fingerprint density at radius 3 is 2.78 bits per heavy atom. The smallest absolute Gasteiger partial charge is 0.180 e. The summed E-state index contributed by atoms with van der Waals surface area (Å²) in [4.78, 5) is 2.30. The van der Waals surface area contributed by atoms with Gasteiger partial charge >= 0.3 is 0 Å². The number of ether oxygens (including phenoxy) is 1. The number of benzene rings is 1. The lowest BCUT2D eigenvalue weighted by molar-refractivity contribution is 0.231. The van der Waals surface area contributed by atoms with Gasteiger partial charge in [0, 0.05) is 6.54 Å². The number of hydrogen-bond acceptors (Lipinski definition) is 3. The highest BCUT2D eigenvalue weighted by Gasteiger charge is 2.14. The van der Waals surface area contributed by atoms with Gasteiger partial charge < -0.3 is 4.74 Å². The molecule has 1 aromatic rings. The van der Waals surface area contributed by atoms with E-state index in [4.69, 9.17) is 10.00 Å². The fraction of sp³-hybridized carbons (Fsp3) is 0.462. The van der Waals surface area contributed by atoms with Gasteiger partial charge in [-0.3, -0.25) is 4.90 Å². The van der Waals surface area contributed by atoms with E-state index in [0.29, 0.717) is 6.61 Å². The number of halogens is 2. The van der Waals surface area contributed by atoms with E-state index in [0.717, 1.165) is 19.6 Å². The Balaban J connectivity index is 1.93. The number of nitriles is 1. The SMILES string of the molecule is N#Cc1ccc(OCCN2CCCC2)c(F)c1Br. The van der Waals surface area contributed by atoms with E-state index in [2.05, 4.69) is 20.8 Å². The van der Waals surface area contributed by atoms with Crippen molar-refractivity contribution in [3.8, 4) is 11.8 Å². The van der Waals surface area contributed by atoms with Crippen LogP contribution in [0.2, 0.25) is 0 Å². The molecule has 1 saturated heterocycles. The second-order valence-electron chi connectivity index (χ2n) is 4.25. The standard InChI is InChI=1S/C13H14BrFN2O/c14-12-10(9-16)3-4-11(13(12)15)18-8-7-17-5-1-2-6-17/h3-4H,1-2,5-8H2. The Labute approximate surface area is 114 Å². The molecular formula is C13H14BrFN2O. The van der Waals surface area contributed by atoms with Crippen molar-refractivity contribution in [1.29, 1.82) is 5.26 Å². The van der Waals surface area contributed by atoms with Crippen LogP contribution < -0.4 is 4.74 Å². The lowest BCUT2D eigenvalue weighted by Crippen LogP contribution is -2.25. The molecule has 1 fully saturated rings. The van der Waals surface area contributed by atoms with Crippen molar-refractivity contribution >= 4 is 15.9 Å². The molecule has 0 aliphatic carbocycles. The Morgan fingerprint density at radius 1 is 1.39 bits per heavy atom. The lowest BCUT2D eigenvalue weighted by atomic mass is 10.2. The van der Waals surface area contributed by atoms with Crippen molar-refractivity contribution in [3.05, 3.63) is 28.0 Å². The van der Waals surface area contributed by atoms with Gasteiger partial charge in [0.25, 0.3) is 0 Å². The molecule has 1 aromatic carbocycles. The zero-order valence-corrected chi connectivity index (χ0v) is 11.5. The normalized spacial score (nSPS) is 15.6. The van der Waals surface area contributed by atoms with E-state index in [1.807, 2.05) is 6.07 Å². The van der Waals surface area contributed by atoms with Gasteiger partial charge in [0.15, 0.2) is 11.6 Å². The van der Waals surface area contributed by atoms with E-state index < -0.39 is 5.82 Å². The molecule has 1 aliphatic rings. The Morgan fingerprint density at radius 2 is 2.11 bits per heavy atom. The Kier molecular flexibility index (Phi) is 4.56. The molecule has 0 N–H and O–H groups in total. The van der Waals surface area contributed by atoms with E-state index in [-0.39, 0.29) is 15.8 Å². The monoisotopic (exact) mass is 312 g/mol. The summed E-state index contributed by atoms with van der Waals surface area (Å²) < 4.78 is 19.4. The number of rotatable bonds is 4. The van der Waals surface area contributed by atoms with Crippen molar-refractivity contribution in [1.82, 2.24) is 4.90 Å². The van der Waals surface area contributed by atoms with Crippen LogP contribution >= 0.6 is 15.9 Å². The van der Waals surface area contributed by atoms with Gasteiger partial charge in [0.2, 0.25) is 0 Å². The average molecular weight is 313 g/mol. The maximum absolute atomic E-state index is 13.8. The van der Waals surface area contributed by atoms with Crippen molar-refractivity contribution < 1.29 is 9.13 Å². The maximum Gasteiger partial charge on any atom is 0.180 e. The van der Waals surface area contributed by atoms with Crippen molar-refractivity contribution in [3.63, 3.8) is 0 Å². The molecule has 0 amide bonds. The van der Waals surface area contributed by atoms with Gasteiger partial charge in [-0.25, -0.2) is 4.39 Å². The molecule has 96 valence electrons. The minimum Gasteiger partial charge on any atom is -0.489 e. The molecule has 3 nitrogen and oxygen atoms in total. The predicted molar refractivity (Wildman–Crippen MR) is 70.0 cm³/mol. The summed E-state index contributed by atoms with van der Waals surface area (Å²) in [5.41, 5.74) is 0.277. The lowest BCUT2D eigenvalue weighted by Gasteiger charge is -2.15. The van der Waals surface area contributed by atoms with E-state index >= 15 is 0 Å². The largest absolute Gasteiger partial charge is 0.489 e. The van der Waals surface area contributed by atoms with E-state index in [1.165, 1.54) is 18.9 Å². The Hall–Kier alpha value is -1.12. The fourth-order valence-corrected chi connectivity index (χ4v) is 2.44. The van der Waals surface area contributed by atoms with Crippen LogP contribution in [0.25, 0.3) is 0 Å². The second-order valence-corrected chi connectivity index (χ2v) is 5.04. The first-order valence-corrected chi connectivity index (χ1v) is 6.75. The summed E-state index contributed by atoms with van der Waals surface area (Å²) in [7, 11) is 0. The van der Waals surface area contributed by atoms with Crippen LogP contribution in [0.5, 0.6) is 5.75 Å². The minimum atomic E-state index is -0.504. The minimum absolute atomic E-state index is 0.170. The summed E-state index contributed by atoms with van der Waals surface area (Å²) in [5.74, 6) is -0.310. The van der Waals surface area contributed by atoms with E-state index in [9.17, 15) is 4.39 Å². The predicted octanol–water partition coefficient (Wildman–Crippen LogP) is 2.93. The molecule has 0 bridgehead atoms. The molecule has 0 saturated carbocycles. The summed E-state index contributed by atoms with van der Waals surface area (Å²) in [6.45, 7) is 3.48. The van der Waals surface area contributed by atoms with Crippen LogP contribution in [-0.2, 0) is 0 Å². The molecule has 2 rings (SSSR count). The summed E-state index contributed by atoms with van der Waals surface area (Å²) >= 11 is 3.06. The van der Waals surface area contributed by atoms with Crippen LogP contribution in [0.3, 0.4) is 0 Å². The van der Waals surface area contributed by atoms with Gasteiger partial charge in [-0.1, -0.05) is 0 Å². The van der Waals surface area contributed by atoms with Crippen LogP contribution in [-0.4, -0.2) is 31.1 Å². The zero-order chi connectivity index (χ0) is 13.0. The van der Waals surface area contributed by atoms with Gasteiger partial charge in [-0.15, -0.1) is 0 Å².